The molecular weight excluding hydrogens is 268 g/mol. The maximum absolute atomic E-state index is 12.1. The molecule has 0 bridgehead atoms. The zero-order valence-electron chi connectivity index (χ0n) is 11.8. The average molecular weight is 292 g/mol. The summed E-state index contributed by atoms with van der Waals surface area (Å²) in [5.41, 5.74) is 0. The molecule has 1 rings (SSSR count). The van der Waals surface area contributed by atoms with Crippen LogP contribution in [0.3, 0.4) is 0 Å². The summed E-state index contributed by atoms with van der Waals surface area (Å²) in [7, 11) is -3.38. The number of hydrogen-bond acceptors (Lipinski definition) is 5. The quantitative estimate of drug-likeness (QED) is 0.629. The van der Waals surface area contributed by atoms with Gasteiger partial charge in [0.15, 0.2) is 9.84 Å². The number of nitrogens with one attached hydrogen (secondary N) is 2. The Morgan fingerprint density at radius 3 is 2.58 bits per heavy atom. The number of aliphatic hydroxyl groups is 1. The van der Waals surface area contributed by atoms with E-state index in [0.717, 1.165) is 6.42 Å². The Balaban J connectivity index is 2.54. The Bertz CT molecular complexity index is 419. The summed E-state index contributed by atoms with van der Waals surface area (Å²) in [5.74, 6) is -0.722. The van der Waals surface area contributed by atoms with E-state index in [9.17, 15) is 18.3 Å². The lowest BCUT2D eigenvalue weighted by Gasteiger charge is -2.24. The van der Waals surface area contributed by atoms with Crippen molar-refractivity contribution in [3.63, 3.8) is 0 Å². The number of carbonyl (C=O) groups is 1. The monoisotopic (exact) mass is 292 g/mol. The van der Waals surface area contributed by atoms with Crippen molar-refractivity contribution < 1.29 is 18.3 Å². The molecule has 0 radical (unpaired) electrons. The first-order chi connectivity index (χ1) is 8.69. The molecule has 2 atom stereocenters. The highest BCUT2D eigenvalue weighted by Crippen LogP contribution is 2.22. The van der Waals surface area contributed by atoms with E-state index in [4.69, 9.17) is 0 Å². The van der Waals surface area contributed by atoms with Crippen LogP contribution in [0.2, 0.25) is 0 Å². The van der Waals surface area contributed by atoms with Gasteiger partial charge in [0.2, 0.25) is 5.91 Å². The molecule has 1 heterocycles. The Kier molecular flexibility index (Phi) is 5.34. The molecule has 19 heavy (non-hydrogen) atoms. The molecule has 6 nitrogen and oxygen atoms in total. The minimum Gasteiger partial charge on any atom is -0.392 e. The number of aliphatic hydroxyl groups excluding tert-OH is 1. The predicted octanol–water partition coefficient (Wildman–Crippen LogP) is -0.224. The van der Waals surface area contributed by atoms with Crippen molar-refractivity contribution in [2.45, 2.75) is 56.9 Å². The summed E-state index contributed by atoms with van der Waals surface area (Å²) in [4.78, 5) is 11.8. The highest BCUT2D eigenvalue weighted by molar-refractivity contribution is 7.92. The Morgan fingerprint density at radius 2 is 2.11 bits per heavy atom. The molecule has 0 saturated carbocycles. The Hall–Kier alpha value is -0.660. The summed E-state index contributed by atoms with van der Waals surface area (Å²) >= 11 is 0. The van der Waals surface area contributed by atoms with E-state index in [-0.39, 0.29) is 11.8 Å². The normalized spacial score (nSPS) is 24.4. The van der Waals surface area contributed by atoms with Gasteiger partial charge in [-0.3, -0.25) is 4.79 Å². The van der Waals surface area contributed by atoms with Crippen molar-refractivity contribution in [3.05, 3.63) is 0 Å². The molecule has 1 fully saturated rings. The van der Waals surface area contributed by atoms with Crippen molar-refractivity contribution in [2.24, 2.45) is 0 Å². The Morgan fingerprint density at radius 1 is 1.47 bits per heavy atom. The van der Waals surface area contributed by atoms with Gasteiger partial charge in [-0.25, -0.2) is 8.42 Å². The lowest BCUT2D eigenvalue weighted by atomic mass is 10.1. The molecule has 1 aliphatic rings. The molecule has 3 N–H and O–H groups in total. The molecule has 7 heteroatoms. The van der Waals surface area contributed by atoms with Crippen LogP contribution >= 0.6 is 0 Å². The van der Waals surface area contributed by atoms with E-state index in [0.29, 0.717) is 19.4 Å². The zero-order valence-corrected chi connectivity index (χ0v) is 12.6. The van der Waals surface area contributed by atoms with Gasteiger partial charge in [0, 0.05) is 6.54 Å². The summed E-state index contributed by atoms with van der Waals surface area (Å²) in [6, 6.07) is -0.500. The van der Waals surface area contributed by atoms with E-state index >= 15 is 0 Å². The summed E-state index contributed by atoms with van der Waals surface area (Å²) in [6.07, 6.45) is 1.12. The van der Waals surface area contributed by atoms with Crippen LogP contribution in [0.1, 0.15) is 40.0 Å². The van der Waals surface area contributed by atoms with E-state index in [1.54, 1.807) is 13.8 Å². The van der Waals surface area contributed by atoms with Gasteiger partial charge in [0.05, 0.1) is 16.9 Å². The van der Waals surface area contributed by atoms with Gasteiger partial charge in [-0.15, -0.1) is 0 Å². The lowest BCUT2D eigenvalue weighted by molar-refractivity contribution is -0.122. The number of rotatable bonds is 6. The van der Waals surface area contributed by atoms with Gasteiger partial charge in [-0.05, 0) is 26.7 Å². The second-order valence-corrected chi connectivity index (χ2v) is 8.28. The molecule has 112 valence electrons. The molecule has 1 saturated heterocycles. The van der Waals surface area contributed by atoms with Gasteiger partial charge in [0.1, 0.15) is 5.88 Å². The molecule has 2 unspecified atom stereocenters. The van der Waals surface area contributed by atoms with Crippen molar-refractivity contribution in [1.82, 2.24) is 10.6 Å². The lowest BCUT2D eigenvalue weighted by Crippen LogP contribution is -2.46. The average Bonchev–Trinajstić information content (AvgIpc) is 2.72. The first-order valence-electron chi connectivity index (χ1n) is 6.61. The smallest absolute Gasteiger partial charge is 0.238 e. The fourth-order valence-electron chi connectivity index (χ4n) is 2.16. The van der Waals surface area contributed by atoms with Gasteiger partial charge in [-0.2, -0.15) is 0 Å². The minimum absolute atomic E-state index is 0.324. The fourth-order valence-corrected chi connectivity index (χ4v) is 3.40. The third-order valence-corrected chi connectivity index (χ3v) is 5.97. The van der Waals surface area contributed by atoms with Crippen LogP contribution in [0.25, 0.3) is 0 Å². The van der Waals surface area contributed by atoms with Crippen LogP contribution in [-0.4, -0.2) is 48.7 Å². The Labute approximate surface area is 114 Å². The topological polar surface area (TPSA) is 95.5 Å². The van der Waals surface area contributed by atoms with Crippen LogP contribution in [-0.2, 0) is 14.6 Å². The molecule has 0 aliphatic carbocycles. The minimum atomic E-state index is -3.38. The number of hydrogen-bond donors (Lipinski definition) is 3. The number of amides is 1. The fraction of sp³-hybridized carbons (Fsp3) is 0.917. The molecule has 0 aromatic carbocycles. The zero-order chi connectivity index (χ0) is 14.7. The maximum atomic E-state index is 12.1. The summed E-state index contributed by atoms with van der Waals surface area (Å²) in [5, 5.41) is 14.6. The highest BCUT2D eigenvalue weighted by atomic mass is 32.2. The third kappa shape index (κ3) is 4.15. The number of β-amino-alcohol motifs (C(OH)–C–C–N with tert-alkyl or cyclic N) is 1. The third-order valence-electron chi connectivity index (χ3n) is 3.55. The van der Waals surface area contributed by atoms with Crippen LogP contribution < -0.4 is 10.6 Å². The molecule has 0 aromatic heterocycles. The predicted molar refractivity (Wildman–Crippen MR) is 73.3 cm³/mol. The van der Waals surface area contributed by atoms with Gasteiger partial charge in [0.25, 0.3) is 0 Å². The van der Waals surface area contributed by atoms with E-state index in [1.807, 2.05) is 6.92 Å². The first-order valence-corrected chi connectivity index (χ1v) is 8.26. The molecule has 0 spiro atoms. The van der Waals surface area contributed by atoms with E-state index < -0.39 is 26.7 Å². The molecular formula is C12H24N2O4S. The van der Waals surface area contributed by atoms with Gasteiger partial charge >= 0.3 is 0 Å². The van der Waals surface area contributed by atoms with Crippen LogP contribution in [0.15, 0.2) is 0 Å². The molecule has 0 aromatic rings. The second-order valence-electron chi connectivity index (χ2n) is 5.66. The van der Waals surface area contributed by atoms with Crippen molar-refractivity contribution >= 4 is 15.7 Å². The van der Waals surface area contributed by atoms with Gasteiger partial charge in [-0.1, -0.05) is 13.3 Å². The first kappa shape index (κ1) is 16.4. The highest BCUT2D eigenvalue weighted by Gasteiger charge is 2.35. The molecule has 1 amide bonds. The number of sulfone groups is 1. The standard InChI is InChI=1S/C12H24N2O4S/c1-4-5-12(2,3)19(17,18)8-14-11(16)10-6-9(15)7-13-10/h9-10,13,15H,4-8H2,1-3H3,(H,14,16). The SMILES string of the molecule is CCCC(C)(C)S(=O)(=O)CNC(=O)C1CC(O)CN1. The largest absolute Gasteiger partial charge is 0.392 e. The van der Waals surface area contributed by atoms with Crippen LogP contribution in [0.5, 0.6) is 0 Å². The second kappa shape index (κ2) is 6.19. The summed E-state index contributed by atoms with van der Waals surface area (Å²) < 4.78 is 23.4. The number of carbonyl (C=O) groups excluding carboxylic acids is 1. The summed E-state index contributed by atoms with van der Waals surface area (Å²) in [6.45, 7) is 5.65. The van der Waals surface area contributed by atoms with Gasteiger partial charge < -0.3 is 15.7 Å². The van der Waals surface area contributed by atoms with Crippen molar-refractivity contribution in [2.75, 3.05) is 12.4 Å². The molecule has 1 aliphatic heterocycles. The van der Waals surface area contributed by atoms with Crippen LogP contribution in [0.4, 0.5) is 0 Å². The van der Waals surface area contributed by atoms with Crippen molar-refractivity contribution in [1.29, 1.82) is 0 Å². The van der Waals surface area contributed by atoms with E-state index in [1.165, 1.54) is 0 Å². The van der Waals surface area contributed by atoms with Crippen LogP contribution in [0, 0.1) is 0 Å². The maximum Gasteiger partial charge on any atom is 0.238 e. The van der Waals surface area contributed by atoms with Crippen molar-refractivity contribution in [3.8, 4) is 0 Å². The van der Waals surface area contributed by atoms with E-state index in [2.05, 4.69) is 10.6 Å².